The van der Waals surface area contributed by atoms with E-state index in [-0.39, 0.29) is 11.9 Å². The van der Waals surface area contributed by atoms with Gasteiger partial charge in [-0.1, -0.05) is 60.0 Å². The zero-order valence-electron chi connectivity index (χ0n) is 24.4. The molecule has 2 aromatic carbocycles. The molecule has 0 aromatic heterocycles. The molecule has 1 aliphatic carbocycles. The van der Waals surface area contributed by atoms with Crippen molar-refractivity contribution in [2.75, 3.05) is 32.0 Å². The number of rotatable bonds is 7. The van der Waals surface area contributed by atoms with Gasteiger partial charge in [0.2, 0.25) is 12.3 Å². The summed E-state index contributed by atoms with van der Waals surface area (Å²) in [7, 11) is 1.83. The Morgan fingerprint density at radius 1 is 1.02 bits per heavy atom. The molecule has 2 heterocycles. The predicted octanol–water partition coefficient (Wildman–Crippen LogP) is 4.22. The van der Waals surface area contributed by atoms with Gasteiger partial charge in [-0.05, 0) is 83.3 Å². The minimum Gasteiger partial charge on any atom is -0.388 e. The lowest BCUT2D eigenvalue weighted by atomic mass is 10.1. The third kappa shape index (κ3) is 13.0. The lowest BCUT2D eigenvalue weighted by molar-refractivity contribution is -0.123. The quantitative estimate of drug-likeness (QED) is 0.176. The Morgan fingerprint density at radius 2 is 1.68 bits per heavy atom. The Kier molecular flexibility index (Phi) is 15.3. The molecule has 5 rings (SSSR count). The third-order valence-electron chi connectivity index (χ3n) is 6.88. The maximum Gasteiger partial charge on any atom is 0.237 e. The van der Waals surface area contributed by atoms with E-state index in [9.17, 15) is 9.59 Å². The number of carbonyl (C=O) groups is 2. The molecule has 2 saturated heterocycles. The molecule has 2 amide bonds. The summed E-state index contributed by atoms with van der Waals surface area (Å²) in [5.74, 6) is 0.0617. The van der Waals surface area contributed by atoms with Crippen molar-refractivity contribution in [2.45, 2.75) is 71.0 Å². The molecule has 6 N–H and O–H groups in total. The van der Waals surface area contributed by atoms with E-state index in [1.165, 1.54) is 49.7 Å². The lowest BCUT2D eigenvalue weighted by Crippen LogP contribution is -2.40. The first-order chi connectivity index (χ1) is 19.4. The van der Waals surface area contributed by atoms with Gasteiger partial charge < -0.3 is 32.0 Å². The Bertz CT molecular complexity index is 1030. The standard InChI is InChI=1S/C14H20N4O.C8H10.C5H7NO.C5H11N/c1-16-12-5-4-10(7-11(12)8-15)9-18-14(19)13-3-2-6-17-13;1-7-3-5-8(2)6-4-7;1-4-2-5(4)6-3-7;1-2-4-6-5-3-1/h4-5,7-8,13,15-17H,2-3,6,9H2,1H3,(H,18,19);3-6H,1-2H3;3,5H,1-2H2,(H,6,7);6H,1-5H2. The number of hydrogen-bond donors (Lipinski definition) is 6. The van der Waals surface area contributed by atoms with Gasteiger partial charge >= 0.3 is 0 Å². The Labute approximate surface area is 240 Å². The molecule has 218 valence electrons. The van der Waals surface area contributed by atoms with Crippen molar-refractivity contribution in [3.05, 3.63) is 76.9 Å². The van der Waals surface area contributed by atoms with Crippen molar-refractivity contribution < 1.29 is 9.59 Å². The van der Waals surface area contributed by atoms with Crippen molar-refractivity contribution >= 4 is 24.2 Å². The number of carbonyl (C=O) groups excluding carboxylic acids is 2. The molecular weight excluding hydrogens is 500 g/mol. The van der Waals surface area contributed by atoms with Gasteiger partial charge in [0.15, 0.2) is 0 Å². The summed E-state index contributed by atoms with van der Waals surface area (Å²) in [6.07, 6.45) is 9.19. The minimum atomic E-state index is -0.0428. The normalized spacial score (nSPS) is 18.7. The first-order valence-electron chi connectivity index (χ1n) is 14.3. The summed E-state index contributed by atoms with van der Waals surface area (Å²) >= 11 is 0. The molecule has 8 heteroatoms. The average molecular weight is 549 g/mol. The molecule has 2 atom stereocenters. The van der Waals surface area contributed by atoms with Crippen LogP contribution in [0.15, 0.2) is 54.6 Å². The molecule has 0 radical (unpaired) electrons. The molecule has 1 saturated carbocycles. The summed E-state index contributed by atoms with van der Waals surface area (Å²) in [5, 5.41) is 22.4. The Balaban J connectivity index is 0.000000217. The number of aryl methyl sites for hydroxylation is 2. The van der Waals surface area contributed by atoms with Gasteiger partial charge in [0.25, 0.3) is 0 Å². The van der Waals surface area contributed by atoms with Gasteiger partial charge in [0.05, 0.1) is 12.1 Å². The van der Waals surface area contributed by atoms with Gasteiger partial charge in [-0.2, -0.15) is 0 Å². The average Bonchev–Trinajstić information content (AvgIpc) is 3.43. The van der Waals surface area contributed by atoms with Crippen LogP contribution < -0.4 is 26.6 Å². The first kappa shape index (κ1) is 32.7. The van der Waals surface area contributed by atoms with Crippen LogP contribution in [0.1, 0.15) is 60.8 Å². The van der Waals surface area contributed by atoms with E-state index in [1.807, 2.05) is 25.2 Å². The number of hydrogen-bond acceptors (Lipinski definition) is 6. The number of benzene rings is 2. The van der Waals surface area contributed by atoms with Gasteiger partial charge in [0, 0.05) is 31.1 Å². The van der Waals surface area contributed by atoms with Crippen LogP contribution in [0.5, 0.6) is 0 Å². The number of piperidine rings is 1. The molecular formula is C32H48N6O2. The highest BCUT2D eigenvalue weighted by atomic mass is 16.2. The van der Waals surface area contributed by atoms with Gasteiger partial charge in [-0.15, -0.1) is 0 Å². The second-order valence-corrected chi connectivity index (χ2v) is 10.3. The molecule has 0 spiro atoms. The molecule has 0 bridgehead atoms. The Morgan fingerprint density at radius 3 is 2.08 bits per heavy atom. The lowest BCUT2D eigenvalue weighted by Gasteiger charge is -2.12. The number of amides is 2. The molecule has 40 heavy (non-hydrogen) atoms. The molecule has 2 unspecified atom stereocenters. The summed E-state index contributed by atoms with van der Waals surface area (Å²) in [4.78, 5) is 21.5. The third-order valence-corrected chi connectivity index (χ3v) is 6.88. The van der Waals surface area contributed by atoms with Gasteiger partial charge in [0.1, 0.15) is 0 Å². The van der Waals surface area contributed by atoms with Crippen LogP contribution in [-0.2, 0) is 16.1 Å². The second-order valence-electron chi connectivity index (χ2n) is 10.3. The van der Waals surface area contributed by atoms with E-state index < -0.39 is 0 Å². The van der Waals surface area contributed by atoms with Crippen LogP contribution in [0.4, 0.5) is 5.69 Å². The zero-order chi connectivity index (χ0) is 29.2. The molecule has 2 aromatic rings. The van der Waals surface area contributed by atoms with Crippen LogP contribution in [0.2, 0.25) is 0 Å². The van der Waals surface area contributed by atoms with Crippen LogP contribution in [-0.4, -0.2) is 57.3 Å². The SMILES string of the molecule is C1CCNCC1.C=C1CC1NC=O.CNc1ccc(CNC(=O)C2CCCN2)cc1C=N.Cc1ccc(C)cc1. The van der Waals surface area contributed by atoms with Crippen molar-refractivity contribution in [1.82, 2.24) is 21.3 Å². The van der Waals surface area contributed by atoms with Crippen LogP contribution in [0.3, 0.4) is 0 Å². The molecule has 2 aliphatic heterocycles. The van der Waals surface area contributed by atoms with E-state index >= 15 is 0 Å². The van der Waals surface area contributed by atoms with Crippen molar-refractivity contribution in [1.29, 1.82) is 5.41 Å². The van der Waals surface area contributed by atoms with Crippen molar-refractivity contribution in [3.63, 3.8) is 0 Å². The number of nitrogens with one attached hydrogen (secondary N) is 6. The van der Waals surface area contributed by atoms with Crippen LogP contribution in [0.25, 0.3) is 0 Å². The van der Waals surface area contributed by atoms with Gasteiger partial charge in [-0.3, -0.25) is 9.59 Å². The summed E-state index contributed by atoms with van der Waals surface area (Å²) in [6, 6.07) is 14.5. The van der Waals surface area contributed by atoms with E-state index in [4.69, 9.17) is 5.41 Å². The van der Waals surface area contributed by atoms with E-state index in [0.717, 1.165) is 48.2 Å². The highest BCUT2D eigenvalue weighted by molar-refractivity contribution is 5.86. The molecule has 3 aliphatic rings. The largest absolute Gasteiger partial charge is 0.388 e. The van der Waals surface area contributed by atoms with Crippen LogP contribution >= 0.6 is 0 Å². The highest BCUT2D eigenvalue weighted by Gasteiger charge is 2.25. The van der Waals surface area contributed by atoms with E-state index in [0.29, 0.717) is 19.0 Å². The minimum absolute atomic E-state index is 0.0428. The van der Waals surface area contributed by atoms with Crippen molar-refractivity contribution in [2.24, 2.45) is 0 Å². The topological polar surface area (TPSA) is 118 Å². The molecule has 8 nitrogen and oxygen atoms in total. The fourth-order valence-corrected chi connectivity index (χ4v) is 4.19. The fraction of sp³-hybridized carbons (Fsp3) is 0.469. The zero-order valence-corrected chi connectivity index (χ0v) is 24.4. The van der Waals surface area contributed by atoms with E-state index in [1.54, 1.807) is 0 Å². The van der Waals surface area contributed by atoms with Crippen LogP contribution in [0, 0.1) is 19.3 Å². The fourth-order valence-electron chi connectivity index (χ4n) is 4.19. The smallest absolute Gasteiger partial charge is 0.237 e. The number of anilines is 1. The summed E-state index contributed by atoms with van der Waals surface area (Å²) in [6.45, 7) is 11.8. The maximum atomic E-state index is 11.9. The predicted molar refractivity (Wildman–Crippen MR) is 166 cm³/mol. The maximum absolute atomic E-state index is 11.9. The Hall–Kier alpha value is -3.49. The molecule has 3 fully saturated rings. The summed E-state index contributed by atoms with van der Waals surface area (Å²) < 4.78 is 0. The monoisotopic (exact) mass is 548 g/mol. The van der Waals surface area contributed by atoms with Gasteiger partial charge in [-0.25, -0.2) is 0 Å². The second kappa shape index (κ2) is 18.7. The first-order valence-corrected chi connectivity index (χ1v) is 14.3. The van der Waals surface area contributed by atoms with E-state index in [2.05, 4.69) is 71.3 Å². The highest BCUT2D eigenvalue weighted by Crippen LogP contribution is 2.25. The summed E-state index contributed by atoms with van der Waals surface area (Å²) in [5.41, 5.74) is 6.54. The van der Waals surface area contributed by atoms with Crippen molar-refractivity contribution in [3.8, 4) is 0 Å².